The minimum absolute atomic E-state index is 0. The molecular formula is C22H32ClN5O. The highest BCUT2D eigenvalue weighted by Gasteiger charge is 2.28. The molecule has 7 heteroatoms. The van der Waals surface area contributed by atoms with Gasteiger partial charge in [0.2, 0.25) is 5.91 Å². The predicted octanol–water partition coefficient (Wildman–Crippen LogP) is 2.95. The fourth-order valence-electron chi connectivity index (χ4n) is 4.35. The Morgan fingerprint density at radius 2 is 1.79 bits per heavy atom. The zero-order chi connectivity index (χ0) is 19.5. The smallest absolute Gasteiger partial charge is 0.226 e. The lowest BCUT2D eigenvalue weighted by atomic mass is 9.95. The summed E-state index contributed by atoms with van der Waals surface area (Å²) in [7, 11) is 0. The Balaban J connectivity index is 0.00000240. The van der Waals surface area contributed by atoms with Crippen molar-refractivity contribution in [1.82, 2.24) is 25.0 Å². The highest BCUT2D eigenvalue weighted by molar-refractivity contribution is 5.85. The van der Waals surface area contributed by atoms with E-state index in [2.05, 4.69) is 58.2 Å². The zero-order valence-electron chi connectivity index (χ0n) is 17.4. The number of rotatable bonds is 5. The number of benzene rings is 1. The van der Waals surface area contributed by atoms with Crippen LogP contribution in [0.15, 0.2) is 24.3 Å². The Morgan fingerprint density at radius 3 is 2.48 bits per heavy atom. The third kappa shape index (κ3) is 5.17. The van der Waals surface area contributed by atoms with Gasteiger partial charge in [0, 0.05) is 32.1 Å². The van der Waals surface area contributed by atoms with Gasteiger partial charge in [0.25, 0.3) is 0 Å². The summed E-state index contributed by atoms with van der Waals surface area (Å²) in [5.41, 5.74) is 2.46. The molecule has 1 aromatic carbocycles. The highest BCUT2D eigenvalue weighted by Crippen LogP contribution is 2.28. The van der Waals surface area contributed by atoms with E-state index >= 15 is 0 Å². The summed E-state index contributed by atoms with van der Waals surface area (Å²) in [6.45, 7) is 8.82. The van der Waals surface area contributed by atoms with E-state index in [0.29, 0.717) is 18.3 Å². The summed E-state index contributed by atoms with van der Waals surface area (Å²) in [5, 5.41) is 12.1. The van der Waals surface area contributed by atoms with Gasteiger partial charge in [-0.25, -0.2) is 0 Å². The van der Waals surface area contributed by atoms with Gasteiger partial charge >= 0.3 is 0 Å². The number of likely N-dealkylation sites (tertiary alicyclic amines) is 1. The predicted molar refractivity (Wildman–Crippen MR) is 116 cm³/mol. The number of nitrogens with one attached hydrogen (secondary N) is 1. The van der Waals surface area contributed by atoms with Crippen molar-refractivity contribution >= 4 is 18.3 Å². The van der Waals surface area contributed by atoms with Gasteiger partial charge in [0.05, 0.1) is 13.0 Å². The summed E-state index contributed by atoms with van der Waals surface area (Å²) in [6, 6.07) is 8.55. The van der Waals surface area contributed by atoms with E-state index in [-0.39, 0.29) is 18.3 Å². The van der Waals surface area contributed by atoms with Crippen LogP contribution in [0.1, 0.15) is 55.4 Å². The Hall–Kier alpha value is -1.92. The van der Waals surface area contributed by atoms with Crippen LogP contribution >= 0.6 is 12.4 Å². The second-order valence-corrected chi connectivity index (χ2v) is 8.55. The number of carbonyl (C=O) groups is 1. The lowest BCUT2D eigenvalue weighted by Gasteiger charge is -2.32. The van der Waals surface area contributed by atoms with Crippen molar-refractivity contribution in [3.63, 3.8) is 0 Å². The first kappa shape index (κ1) is 21.8. The topological polar surface area (TPSA) is 63.1 Å². The van der Waals surface area contributed by atoms with Crippen LogP contribution in [0, 0.1) is 5.92 Å². The highest BCUT2D eigenvalue weighted by atomic mass is 35.5. The van der Waals surface area contributed by atoms with Gasteiger partial charge < -0.3 is 14.8 Å². The number of halogens is 1. The SMILES string of the molecule is CC(C)Cc1ccc(CC(=O)N2CCC(c3nnc4n3CCNC4)CC2)cc1.Cl. The molecule has 1 aromatic heterocycles. The Morgan fingerprint density at radius 1 is 1.10 bits per heavy atom. The first-order valence-electron chi connectivity index (χ1n) is 10.6. The lowest BCUT2D eigenvalue weighted by molar-refractivity contribution is -0.131. The molecule has 0 spiro atoms. The van der Waals surface area contributed by atoms with Crippen molar-refractivity contribution in [3.05, 3.63) is 47.0 Å². The molecule has 0 aliphatic carbocycles. The van der Waals surface area contributed by atoms with Crippen LogP contribution in [0.3, 0.4) is 0 Å². The van der Waals surface area contributed by atoms with E-state index in [9.17, 15) is 4.79 Å². The molecule has 3 heterocycles. The first-order valence-corrected chi connectivity index (χ1v) is 10.6. The summed E-state index contributed by atoms with van der Waals surface area (Å²) in [5.74, 6) is 3.46. The molecule has 0 unspecified atom stereocenters. The molecule has 4 rings (SSSR count). The molecule has 0 radical (unpaired) electrons. The number of nitrogens with zero attached hydrogens (tertiary/aromatic N) is 4. The van der Waals surface area contributed by atoms with Gasteiger partial charge in [-0.1, -0.05) is 38.1 Å². The average Bonchev–Trinajstić information content (AvgIpc) is 3.13. The Bertz CT molecular complexity index is 809. The van der Waals surface area contributed by atoms with E-state index in [0.717, 1.165) is 69.2 Å². The van der Waals surface area contributed by atoms with E-state index < -0.39 is 0 Å². The number of amides is 1. The van der Waals surface area contributed by atoms with Crippen molar-refractivity contribution in [2.24, 2.45) is 5.92 Å². The molecule has 1 fully saturated rings. The van der Waals surface area contributed by atoms with Crippen LogP contribution in [0.5, 0.6) is 0 Å². The summed E-state index contributed by atoms with van der Waals surface area (Å²) < 4.78 is 2.28. The van der Waals surface area contributed by atoms with Gasteiger partial charge in [-0.2, -0.15) is 0 Å². The minimum atomic E-state index is 0. The van der Waals surface area contributed by atoms with Gasteiger partial charge in [0.15, 0.2) is 0 Å². The second-order valence-electron chi connectivity index (χ2n) is 8.55. The molecule has 0 saturated carbocycles. The molecular weight excluding hydrogens is 386 g/mol. The number of hydrogen-bond donors (Lipinski definition) is 1. The molecule has 1 saturated heterocycles. The number of aromatic nitrogens is 3. The fraction of sp³-hybridized carbons (Fsp3) is 0.591. The van der Waals surface area contributed by atoms with E-state index in [1.54, 1.807) is 0 Å². The molecule has 0 bridgehead atoms. The van der Waals surface area contributed by atoms with Crippen LogP contribution in [0.25, 0.3) is 0 Å². The first-order chi connectivity index (χ1) is 13.6. The Kier molecular flexibility index (Phi) is 7.30. The van der Waals surface area contributed by atoms with Gasteiger partial charge in [0.1, 0.15) is 11.6 Å². The average molecular weight is 418 g/mol. The maximum atomic E-state index is 12.7. The molecule has 1 N–H and O–H groups in total. The van der Waals surface area contributed by atoms with Crippen molar-refractivity contribution in [1.29, 1.82) is 0 Å². The van der Waals surface area contributed by atoms with Crippen molar-refractivity contribution in [3.8, 4) is 0 Å². The molecule has 2 aromatic rings. The van der Waals surface area contributed by atoms with Crippen molar-refractivity contribution in [2.45, 2.75) is 58.5 Å². The van der Waals surface area contributed by atoms with Crippen molar-refractivity contribution in [2.75, 3.05) is 19.6 Å². The number of hydrogen-bond acceptors (Lipinski definition) is 4. The monoisotopic (exact) mass is 417 g/mol. The maximum Gasteiger partial charge on any atom is 0.226 e. The third-order valence-corrected chi connectivity index (χ3v) is 5.89. The molecule has 0 atom stereocenters. The van der Waals surface area contributed by atoms with Crippen LogP contribution in [-0.4, -0.2) is 45.2 Å². The van der Waals surface area contributed by atoms with Crippen LogP contribution in [-0.2, 0) is 30.7 Å². The molecule has 1 amide bonds. The molecule has 29 heavy (non-hydrogen) atoms. The van der Waals surface area contributed by atoms with E-state index in [1.165, 1.54) is 5.56 Å². The number of piperidine rings is 1. The normalized spacial score (nSPS) is 17.1. The van der Waals surface area contributed by atoms with Crippen LogP contribution < -0.4 is 5.32 Å². The quantitative estimate of drug-likeness (QED) is 0.812. The zero-order valence-corrected chi connectivity index (χ0v) is 18.2. The number of fused-ring (bicyclic) bond motifs is 1. The molecule has 2 aliphatic rings. The summed E-state index contributed by atoms with van der Waals surface area (Å²) >= 11 is 0. The van der Waals surface area contributed by atoms with Crippen LogP contribution in [0.2, 0.25) is 0 Å². The fourth-order valence-corrected chi connectivity index (χ4v) is 4.35. The largest absolute Gasteiger partial charge is 0.342 e. The third-order valence-electron chi connectivity index (χ3n) is 5.89. The van der Waals surface area contributed by atoms with Gasteiger partial charge in [-0.15, -0.1) is 22.6 Å². The summed E-state index contributed by atoms with van der Waals surface area (Å²) in [6.07, 6.45) is 3.54. The summed E-state index contributed by atoms with van der Waals surface area (Å²) in [4.78, 5) is 14.8. The maximum absolute atomic E-state index is 12.7. The molecule has 158 valence electrons. The Labute approximate surface area is 179 Å². The minimum Gasteiger partial charge on any atom is -0.342 e. The second kappa shape index (κ2) is 9.72. The molecule has 6 nitrogen and oxygen atoms in total. The number of carbonyl (C=O) groups excluding carboxylic acids is 1. The van der Waals surface area contributed by atoms with Gasteiger partial charge in [-0.3, -0.25) is 4.79 Å². The standard InChI is InChI=1S/C22H31N5O.ClH/c1-16(2)13-17-3-5-18(6-4-17)14-21(28)26-10-7-19(8-11-26)22-25-24-20-15-23-9-12-27(20)22;/h3-6,16,19,23H,7-15H2,1-2H3;1H. The van der Waals surface area contributed by atoms with Crippen molar-refractivity contribution < 1.29 is 4.79 Å². The van der Waals surface area contributed by atoms with E-state index in [4.69, 9.17) is 0 Å². The lowest BCUT2D eigenvalue weighted by Crippen LogP contribution is -2.39. The van der Waals surface area contributed by atoms with Crippen LogP contribution in [0.4, 0.5) is 0 Å². The van der Waals surface area contributed by atoms with Gasteiger partial charge in [-0.05, 0) is 36.3 Å². The van der Waals surface area contributed by atoms with E-state index in [1.807, 2.05) is 4.90 Å². The molecule has 2 aliphatic heterocycles.